The van der Waals surface area contributed by atoms with E-state index in [1.165, 1.54) is 0 Å². The first-order valence-corrected chi connectivity index (χ1v) is 7.25. The number of aliphatic hydroxyl groups excluding tert-OH is 1. The molecule has 1 aliphatic carbocycles. The van der Waals surface area contributed by atoms with Crippen molar-refractivity contribution in [2.75, 3.05) is 20.3 Å². The molecule has 0 heterocycles. The second-order valence-electron chi connectivity index (χ2n) is 5.76. The van der Waals surface area contributed by atoms with Crippen molar-refractivity contribution in [2.45, 2.75) is 32.2 Å². The molecule has 116 valence electrons. The van der Waals surface area contributed by atoms with Crippen LogP contribution in [0.1, 0.15) is 26.2 Å². The molecule has 21 heavy (non-hydrogen) atoms. The molecule has 0 aliphatic heterocycles. The molecule has 1 amide bonds. The number of para-hydroxylation sites is 2. The third kappa shape index (κ3) is 3.67. The molecule has 1 aromatic carbocycles. The summed E-state index contributed by atoms with van der Waals surface area (Å²) in [5, 5.41) is 12.4. The normalized spacial score (nSPS) is 24.6. The van der Waals surface area contributed by atoms with E-state index in [1.807, 2.05) is 19.1 Å². The van der Waals surface area contributed by atoms with E-state index in [4.69, 9.17) is 9.47 Å². The van der Waals surface area contributed by atoms with Crippen molar-refractivity contribution in [3.8, 4) is 11.5 Å². The van der Waals surface area contributed by atoms with E-state index in [2.05, 4.69) is 5.32 Å². The number of methoxy groups -OCH3 is 1. The zero-order valence-corrected chi connectivity index (χ0v) is 12.6. The van der Waals surface area contributed by atoms with Crippen LogP contribution in [-0.4, -0.2) is 37.4 Å². The number of hydrogen-bond donors (Lipinski definition) is 2. The van der Waals surface area contributed by atoms with E-state index in [0.717, 1.165) is 19.3 Å². The van der Waals surface area contributed by atoms with Gasteiger partial charge in [0.1, 0.15) is 0 Å². The van der Waals surface area contributed by atoms with Gasteiger partial charge < -0.3 is 19.9 Å². The number of benzene rings is 1. The molecule has 0 saturated heterocycles. The number of ether oxygens (including phenoxy) is 2. The lowest BCUT2D eigenvalue weighted by Gasteiger charge is -2.30. The summed E-state index contributed by atoms with van der Waals surface area (Å²) in [5.74, 6) is 0.977. The summed E-state index contributed by atoms with van der Waals surface area (Å²) in [6.07, 6.45) is 2.86. The van der Waals surface area contributed by atoms with Gasteiger partial charge in [-0.2, -0.15) is 0 Å². The topological polar surface area (TPSA) is 67.8 Å². The highest BCUT2D eigenvalue weighted by Gasteiger charge is 2.39. The first kappa shape index (κ1) is 15.6. The van der Waals surface area contributed by atoms with E-state index >= 15 is 0 Å². The molecule has 0 aromatic heterocycles. The minimum atomic E-state index is -0.222. The third-order valence-corrected chi connectivity index (χ3v) is 4.21. The van der Waals surface area contributed by atoms with Crippen molar-refractivity contribution in [3.05, 3.63) is 24.3 Å². The van der Waals surface area contributed by atoms with Crippen LogP contribution in [0.4, 0.5) is 0 Å². The van der Waals surface area contributed by atoms with Crippen LogP contribution in [0.25, 0.3) is 0 Å². The highest BCUT2D eigenvalue weighted by Crippen LogP contribution is 2.37. The summed E-state index contributed by atoms with van der Waals surface area (Å²) in [4.78, 5) is 12.0. The molecule has 2 rings (SSSR count). The number of hydrogen-bond acceptors (Lipinski definition) is 4. The standard InChI is InChI=1S/C16H23NO4/c1-16(11-18)9-5-8-14(16)17-15(19)10-21-13-7-4-3-6-12(13)20-2/h3-4,6-7,14,18H,5,8-11H2,1-2H3,(H,17,19). The number of amides is 1. The molecule has 5 nitrogen and oxygen atoms in total. The summed E-state index contributed by atoms with van der Waals surface area (Å²) < 4.78 is 10.7. The summed E-state index contributed by atoms with van der Waals surface area (Å²) in [6, 6.07) is 7.23. The lowest BCUT2D eigenvalue weighted by atomic mass is 9.86. The van der Waals surface area contributed by atoms with Gasteiger partial charge in [-0.15, -0.1) is 0 Å². The molecule has 2 N–H and O–H groups in total. The van der Waals surface area contributed by atoms with Crippen molar-refractivity contribution in [1.29, 1.82) is 0 Å². The summed E-state index contributed by atoms with van der Waals surface area (Å²) in [5.41, 5.74) is -0.222. The van der Waals surface area contributed by atoms with Crippen LogP contribution < -0.4 is 14.8 Å². The predicted octanol–water partition coefficient (Wildman–Crippen LogP) is 1.74. The average Bonchev–Trinajstić information content (AvgIpc) is 2.87. The Labute approximate surface area is 125 Å². The zero-order chi connectivity index (χ0) is 15.3. The molecule has 0 bridgehead atoms. The molecule has 0 radical (unpaired) electrons. The first-order valence-electron chi connectivity index (χ1n) is 7.25. The quantitative estimate of drug-likeness (QED) is 0.838. The van der Waals surface area contributed by atoms with Crippen LogP contribution in [0.2, 0.25) is 0 Å². The van der Waals surface area contributed by atoms with Crippen LogP contribution >= 0.6 is 0 Å². The summed E-state index contributed by atoms with van der Waals surface area (Å²) in [6.45, 7) is 2.04. The monoisotopic (exact) mass is 293 g/mol. The van der Waals surface area contributed by atoms with Crippen molar-refractivity contribution < 1.29 is 19.4 Å². The third-order valence-electron chi connectivity index (χ3n) is 4.21. The Morgan fingerprint density at radius 3 is 2.81 bits per heavy atom. The number of carbonyl (C=O) groups is 1. The molecule has 1 aliphatic rings. The van der Waals surface area contributed by atoms with E-state index in [9.17, 15) is 9.90 Å². The van der Waals surface area contributed by atoms with Gasteiger partial charge in [-0.05, 0) is 25.0 Å². The Kier molecular flexibility index (Phi) is 5.07. The molecule has 0 spiro atoms. The maximum atomic E-state index is 12.0. The largest absolute Gasteiger partial charge is 0.493 e. The van der Waals surface area contributed by atoms with Crippen molar-refractivity contribution >= 4 is 5.91 Å². The second kappa shape index (κ2) is 6.80. The highest BCUT2D eigenvalue weighted by molar-refractivity contribution is 5.78. The molecule has 1 aromatic rings. The molecular weight excluding hydrogens is 270 g/mol. The van der Waals surface area contributed by atoms with Gasteiger partial charge in [-0.25, -0.2) is 0 Å². The van der Waals surface area contributed by atoms with E-state index in [1.54, 1.807) is 19.2 Å². The SMILES string of the molecule is COc1ccccc1OCC(=O)NC1CCCC1(C)CO. The molecular formula is C16H23NO4. The number of rotatable bonds is 6. The van der Waals surface area contributed by atoms with E-state index in [0.29, 0.717) is 11.5 Å². The fraction of sp³-hybridized carbons (Fsp3) is 0.562. The maximum Gasteiger partial charge on any atom is 0.258 e. The lowest BCUT2D eigenvalue weighted by Crippen LogP contribution is -2.46. The van der Waals surface area contributed by atoms with Crippen LogP contribution in [0.15, 0.2) is 24.3 Å². The predicted molar refractivity (Wildman–Crippen MR) is 79.5 cm³/mol. The molecule has 1 saturated carbocycles. The van der Waals surface area contributed by atoms with Gasteiger partial charge >= 0.3 is 0 Å². The summed E-state index contributed by atoms with van der Waals surface area (Å²) in [7, 11) is 1.56. The van der Waals surface area contributed by atoms with Gasteiger partial charge in [0.05, 0.1) is 13.7 Å². The van der Waals surface area contributed by atoms with Gasteiger partial charge in [0, 0.05) is 11.5 Å². The number of carbonyl (C=O) groups excluding carboxylic acids is 1. The minimum absolute atomic E-state index is 0.0104. The van der Waals surface area contributed by atoms with Gasteiger partial charge in [-0.3, -0.25) is 4.79 Å². The van der Waals surface area contributed by atoms with Gasteiger partial charge in [-0.1, -0.05) is 25.5 Å². The van der Waals surface area contributed by atoms with Crippen LogP contribution in [-0.2, 0) is 4.79 Å². The Bertz CT molecular complexity index is 491. The zero-order valence-electron chi connectivity index (χ0n) is 12.6. The fourth-order valence-corrected chi connectivity index (χ4v) is 2.79. The Morgan fingerprint density at radius 2 is 2.14 bits per heavy atom. The molecule has 2 unspecified atom stereocenters. The lowest BCUT2D eigenvalue weighted by molar-refractivity contribution is -0.124. The minimum Gasteiger partial charge on any atom is -0.493 e. The molecule has 2 atom stereocenters. The van der Waals surface area contributed by atoms with Gasteiger partial charge in [0.15, 0.2) is 18.1 Å². The molecule has 1 fully saturated rings. The number of nitrogens with one attached hydrogen (secondary N) is 1. The highest BCUT2D eigenvalue weighted by atomic mass is 16.5. The van der Waals surface area contributed by atoms with Gasteiger partial charge in [0.25, 0.3) is 5.91 Å². The maximum absolute atomic E-state index is 12.0. The average molecular weight is 293 g/mol. The second-order valence-corrected chi connectivity index (χ2v) is 5.76. The van der Waals surface area contributed by atoms with Crippen molar-refractivity contribution in [1.82, 2.24) is 5.32 Å². The summed E-state index contributed by atoms with van der Waals surface area (Å²) >= 11 is 0. The van der Waals surface area contributed by atoms with Crippen LogP contribution in [0, 0.1) is 5.41 Å². The van der Waals surface area contributed by atoms with Crippen LogP contribution in [0.3, 0.4) is 0 Å². The van der Waals surface area contributed by atoms with Crippen molar-refractivity contribution in [3.63, 3.8) is 0 Å². The van der Waals surface area contributed by atoms with E-state index in [-0.39, 0.29) is 30.6 Å². The van der Waals surface area contributed by atoms with E-state index < -0.39 is 0 Å². The Morgan fingerprint density at radius 1 is 1.43 bits per heavy atom. The Hall–Kier alpha value is -1.75. The van der Waals surface area contributed by atoms with Crippen LogP contribution in [0.5, 0.6) is 11.5 Å². The van der Waals surface area contributed by atoms with Gasteiger partial charge in [0.2, 0.25) is 0 Å². The first-order chi connectivity index (χ1) is 10.1. The fourth-order valence-electron chi connectivity index (χ4n) is 2.79. The number of aliphatic hydroxyl groups is 1. The smallest absolute Gasteiger partial charge is 0.258 e. The van der Waals surface area contributed by atoms with Crippen molar-refractivity contribution in [2.24, 2.45) is 5.41 Å². The Balaban J connectivity index is 1.88. The molecule has 5 heteroatoms.